The van der Waals surface area contributed by atoms with Gasteiger partial charge in [0.05, 0.1) is 0 Å². The van der Waals surface area contributed by atoms with E-state index in [-0.39, 0.29) is 5.91 Å². The number of quaternary nitrogens is 2. The van der Waals surface area contributed by atoms with E-state index in [1.807, 2.05) is 32.0 Å². The second kappa shape index (κ2) is 10.1. The van der Waals surface area contributed by atoms with Crippen molar-refractivity contribution in [2.75, 3.05) is 51.1 Å². The molecule has 3 N–H and O–H groups in total. The van der Waals surface area contributed by atoms with Crippen molar-refractivity contribution >= 4 is 17.5 Å². The van der Waals surface area contributed by atoms with Gasteiger partial charge in [-0.25, -0.2) is 0 Å². The molecular formula is C25H40N4O2+2. The Kier molecular flexibility index (Phi) is 7.28. The lowest BCUT2D eigenvalue weighted by atomic mass is 9.78. The number of carbonyl (C=O) groups excluding carboxylic acids is 2. The van der Waals surface area contributed by atoms with Crippen molar-refractivity contribution in [1.29, 1.82) is 0 Å². The first kappa shape index (κ1) is 22.3. The van der Waals surface area contributed by atoms with Crippen molar-refractivity contribution in [3.05, 3.63) is 29.3 Å². The molecular weight excluding hydrogens is 388 g/mol. The maximum atomic E-state index is 13.1. The number of hydrogen-bond donors (Lipinski definition) is 3. The van der Waals surface area contributed by atoms with Gasteiger partial charge in [-0.2, -0.15) is 0 Å². The van der Waals surface area contributed by atoms with E-state index in [1.54, 1.807) is 0 Å². The quantitative estimate of drug-likeness (QED) is 0.628. The van der Waals surface area contributed by atoms with Gasteiger partial charge in [0, 0.05) is 18.3 Å². The van der Waals surface area contributed by atoms with Crippen molar-refractivity contribution in [1.82, 2.24) is 4.90 Å². The molecule has 6 heteroatoms. The first-order chi connectivity index (χ1) is 15.0. The van der Waals surface area contributed by atoms with Crippen LogP contribution in [0.2, 0.25) is 0 Å². The largest absolute Gasteiger partial charge is 0.335 e. The van der Waals surface area contributed by atoms with E-state index in [1.165, 1.54) is 48.3 Å². The number of para-hydroxylation sites is 1. The minimum atomic E-state index is 0.0867. The zero-order valence-electron chi connectivity index (χ0n) is 19.3. The second-order valence-electron chi connectivity index (χ2n) is 10.0. The fourth-order valence-corrected chi connectivity index (χ4v) is 5.98. The van der Waals surface area contributed by atoms with Gasteiger partial charge < -0.3 is 20.0 Å². The van der Waals surface area contributed by atoms with Crippen LogP contribution in [0.5, 0.6) is 0 Å². The highest BCUT2D eigenvalue weighted by Gasteiger charge is 2.37. The summed E-state index contributed by atoms with van der Waals surface area (Å²) < 4.78 is 0. The highest BCUT2D eigenvalue weighted by atomic mass is 16.2. The van der Waals surface area contributed by atoms with Crippen molar-refractivity contribution in [3.8, 4) is 0 Å². The molecule has 0 unspecified atom stereocenters. The molecule has 2 heterocycles. The molecule has 1 saturated carbocycles. The summed E-state index contributed by atoms with van der Waals surface area (Å²) in [5, 5.41) is 3.11. The number of hydrogen-bond acceptors (Lipinski definition) is 2. The molecule has 2 saturated heterocycles. The van der Waals surface area contributed by atoms with Crippen LogP contribution in [0.3, 0.4) is 0 Å². The van der Waals surface area contributed by atoms with Crippen molar-refractivity contribution in [2.45, 2.75) is 58.4 Å². The topological polar surface area (TPSA) is 58.3 Å². The molecule has 31 heavy (non-hydrogen) atoms. The number of benzene rings is 1. The molecule has 2 amide bonds. The van der Waals surface area contributed by atoms with Crippen LogP contribution in [0.15, 0.2) is 18.2 Å². The number of rotatable bonds is 5. The molecule has 2 atom stereocenters. The Morgan fingerprint density at radius 3 is 2.26 bits per heavy atom. The van der Waals surface area contributed by atoms with Crippen LogP contribution in [0, 0.1) is 19.8 Å². The Labute approximate surface area is 187 Å². The van der Waals surface area contributed by atoms with E-state index in [9.17, 15) is 9.59 Å². The molecule has 6 nitrogen and oxygen atoms in total. The fraction of sp³-hybridized carbons (Fsp3) is 0.680. The number of fused-ring (bicyclic) bond motifs is 1. The van der Waals surface area contributed by atoms with Gasteiger partial charge in [0.1, 0.15) is 26.2 Å². The van der Waals surface area contributed by atoms with E-state index in [0.29, 0.717) is 25.0 Å². The molecule has 3 aliphatic rings. The summed E-state index contributed by atoms with van der Waals surface area (Å²) in [5.74, 6) is 1.20. The Hall–Kier alpha value is -1.92. The lowest BCUT2D eigenvalue weighted by Crippen LogP contribution is -3.28. The van der Waals surface area contributed by atoms with E-state index >= 15 is 0 Å². The molecule has 2 aliphatic heterocycles. The first-order valence-corrected chi connectivity index (χ1v) is 12.3. The summed E-state index contributed by atoms with van der Waals surface area (Å²) in [6, 6.07) is 6.60. The molecule has 1 aliphatic carbocycles. The molecule has 0 spiro atoms. The van der Waals surface area contributed by atoms with Crippen molar-refractivity contribution in [2.24, 2.45) is 5.92 Å². The lowest BCUT2D eigenvalue weighted by molar-refractivity contribution is -1.00. The normalized spacial score (nSPS) is 28.6. The average Bonchev–Trinajstić information content (AvgIpc) is 2.77. The molecule has 1 aromatic rings. The van der Waals surface area contributed by atoms with Gasteiger partial charge in [-0.1, -0.05) is 31.0 Å². The van der Waals surface area contributed by atoms with E-state index in [4.69, 9.17) is 0 Å². The smallest absolute Gasteiger partial charge is 0.279 e. The Bertz CT molecular complexity index is 765. The molecule has 4 rings (SSSR count). The minimum Gasteiger partial charge on any atom is -0.335 e. The van der Waals surface area contributed by atoms with Crippen LogP contribution < -0.4 is 15.1 Å². The molecule has 3 fully saturated rings. The number of amides is 2. The monoisotopic (exact) mass is 428 g/mol. The number of nitrogens with zero attached hydrogens (tertiary/aromatic N) is 1. The van der Waals surface area contributed by atoms with Crippen LogP contribution in [0.1, 0.15) is 49.7 Å². The summed E-state index contributed by atoms with van der Waals surface area (Å²) in [6.45, 7) is 10.0. The van der Waals surface area contributed by atoms with Crippen LogP contribution in [0.25, 0.3) is 0 Å². The van der Waals surface area contributed by atoms with E-state index < -0.39 is 0 Å². The Morgan fingerprint density at radius 2 is 1.55 bits per heavy atom. The lowest BCUT2D eigenvalue weighted by Gasteiger charge is -2.44. The fourth-order valence-electron chi connectivity index (χ4n) is 5.98. The van der Waals surface area contributed by atoms with Gasteiger partial charge in [-0.05, 0) is 56.6 Å². The summed E-state index contributed by atoms with van der Waals surface area (Å²) in [5.41, 5.74) is 3.16. The number of carbonyl (C=O) groups is 2. The minimum absolute atomic E-state index is 0.0867. The number of likely N-dealkylation sites (tertiary alicyclic amines) is 1. The maximum absolute atomic E-state index is 13.1. The average molecular weight is 429 g/mol. The van der Waals surface area contributed by atoms with Gasteiger partial charge in [-0.3, -0.25) is 9.59 Å². The molecule has 0 aromatic heterocycles. The van der Waals surface area contributed by atoms with Gasteiger partial charge >= 0.3 is 0 Å². The highest BCUT2D eigenvalue weighted by molar-refractivity contribution is 5.93. The van der Waals surface area contributed by atoms with Crippen LogP contribution in [-0.2, 0) is 9.59 Å². The summed E-state index contributed by atoms with van der Waals surface area (Å²) >= 11 is 0. The zero-order chi connectivity index (χ0) is 21.8. The van der Waals surface area contributed by atoms with E-state index in [2.05, 4.69) is 10.2 Å². The SMILES string of the molecule is Cc1cccc(C)c1NC(=O)C[NH+]1CC[NH+](CC(=O)N2CCC[C@@H]3CCCC[C@H]32)CC1. The van der Waals surface area contributed by atoms with Crippen molar-refractivity contribution in [3.63, 3.8) is 0 Å². The standard InChI is InChI=1S/C25H38N4O2/c1-19-7-5-8-20(2)25(19)26-23(30)17-27-13-15-28(16-14-27)18-24(31)29-12-6-10-21-9-3-4-11-22(21)29/h5,7-8,21-22H,3-4,6,9-18H2,1-2H3,(H,26,30)/p+2/t21-,22+/m0/s1. The molecule has 170 valence electrons. The third-order valence-electron chi connectivity index (χ3n) is 7.79. The van der Waals surface area contributed by atoms with Crippen molar-refractivity contribution < 1.29 is 19.4 Å². The molecule has 1 aromatic carbocycles. The van der Waals surface area contributed by atoms with Crippen LogP contribution >= 0.6 is 0 Å². The van der Waals surface area contributed by atoms with E-state index in [0.717, 1.165) is 55.5 Å². The summed E-state index contributed by atoms with van der Waals surface area (Å²) in [6.07, 6.45) is 7.63. The van der Waals surface area contributed by atoms with Crippen LogP contribution in [0.4, 0.5) is 5.69 Å². The summed E-state index contributed by atoms with van der Waals surface area (Å²) in [4.78, 5) is 30.6. The predicted octanol–water partition coefficient (Wildman–Crippen LogP) is 0.207. The van der Waals surface area contributed by atoms with Gasteiger partial charge in [0.25, 0.3) is 11.8 Å². The third kappa shape index (κ3) is 5.47. The number of piperazine rings is 1. The first-order valence-electron chi connectivity index (χ1n) is 12.3. The maximum Gasteiger partial charge on any atom is 0.279 e. The summed E-state index contributed by atoms with van der Waals surface area (Å²) in [7, 11) is 0. The number of anilines is 1. The highest BCUT2D eigenvalue weighted by Crippen LogP contribution is 2.35. The predicted molar refractivity (Wildman–Crippen MR) is 122 cm³/mol. The van der Waals surface area contributed by atoms with Gasteiger partial charge in [0.15, 0.2) is 13.1 Å². The number of piperidine rings is 1. The number of aryl methyl sites for hydroxylation is 2. The molecule has 0 radical (unpaired) electrons. The Morgan fingerprint density at radius 1 is 0.935 bits per heavy atom. The third-order valence-corrected chi connectivity index (χ3v) is 7.79. The van der Waals surface area contributed by atoms with Gasteiger partial charge in [0.2, 0.25) is 0 Å². The Balaban J connectivity index is 1.22. The second-order valence-corrected chi connectivity index (χ2v) is 10.0. The number of nitrogens with one attached hydrogen (secondary N) is 3. The zero-order valence-corrected chi connectivity index (χ0v) is 19.3. The van der Waals surface area contributed by atoms with Gasteiger partial charge in [-0.15, -0.1) is 0 Å². The van der Waals surface area contributed by atoms with Crippen LogP contribution in [-0.4, -0.2) is 68.6 Å². The molecule has 0 bridgehead atoms.